The highest BCUT2D eigenvalue weighted by atomic mass is 16.1. The molecule has 1 amide bonds. The van der Waals surface area contributed by atoms with Gasteiger partial charge in [0.15, 0.2) is 0 Å². The second-order valence-electron chi connectivity index (χ2n) is 6.35. The predicted octanol–water partition coefficient (Wildman–Crippen LogP) is 2.52. The molecule has 0 atom stereocenters. The molecule has 25 heavy (non-hydrogen) atoms. The van der Waals surface area contributed by atoms with Crippen LogP contribution >= 0.6 is 0 Å². The fourth-order valence-corrected chi connectivity index (χ4v) is 2.85. The topological polar surface area (TPSA) is 64.7 Å². The van der Waals surface area contributed by atoms with Gasteiger partial charge in [0, 0.05) is 25.0 Å². The van der Waals surface area contributed by atoms with Crippen molar-refractivity contribution in [3.05, 3.63) is 70.3 Å². The summed E-state index contributed by atoms with van der Waals surface area (Å²) in [6.07, 6.45) is 1.60. The second kappa shape index (κ2) is 6.93. The minimum atomic E-state index is -0.102. The summed E-state index contributed by atoms with van der Waals surface area (Å²) in [5.74, 6) is -0.102. The lowest BCUT2D eigenvalue weighted by Crippen LogP contribution is -2.23. The van der Waals surface area contributed by atoms with E-state index >= 15 is 0 Å². The number of aryl methyl sites for hydroxylation is 3. The number of hydrogen-bond acceptors (Lipinski definition) is 3. The number of rotatable bonds is 5. The van der Waals surface area contributed by atoms with Crippen molar-refractivity contribution < 1.29 is 4.79 Å². The van der Waals surface area contributed by atoms with Gasteiger partial charge in [-0.1, -0.05) is 24.3 Å². The molecule has 0 aliphatic heterocycles. The Bertz CT molecular complexity index is 906. The Balaban J connectivity index is 1.66. The van der Waals surface area contributed by atoms with Crippen LogP contribution in [0.2, 0.25) is 0 Å². The fraction of sp³-hybridized carbons (Fsp3) is 0.316. The maximum Gasteiger partial charge on any atom is 0.255 e. The Morgan fingerprint density at radius 3 is 2.56 bits per heavy atom. The third-order valence-corrected chi connectivity index (χ3v) is 4.36. The van der Waals surface area contributed by atoms with Crippen molar-refractivity contribution in [1.82, 2.24) is 24.9 Å². The standard InChI is InChI=1S/C19H23N5O/c1-13-8-14(2)24(22-13)12-17-7-5-6-16(9-17)10-20-19(25)18-11-21-23(4)15(18)3/h5-9,11H,10,12H2,1-4H3,(H,20,25). The van der Waals surface area contributed by atoms with Crippen molar-refractivity contribution in [2.24, 2.45) is 7.05 Å². The smallest absolute Gasteiger partial charge is 0.255 e. The van der Waals surface area contributed by atoms with Crippen LogP contribution in [0.1, 0.15) is 38.6 Å². The molecular formula is C19H23N5O. The first-order chi connectivity index (χ1) is 11.9. The van der Waals surface area contributed by atoms with Gasteiger partial charge in [0.05, 0.1) is 24.0 Å². The van der Waals surface area contributed by atoms with Gasteiger partial charge in [-0.2, -0.15) is 10.2 Å². The van der Waals surface area contributed by atoms with Gasteiger partial charge in [-0.05, 0) is 38.0 Å². The van der Waals surface area contributed by atoms with Crippen molar-refractivity contribution in [2.75, 3.05) is 0 Å². The van der Waals surface area contributed by atoms with Crippen LogP contribution in [0.4, 0.5) is 0 Å². The number of carbonyl (C=O) groups is 1. The molecule has 0 bridgehead atoms. The maximum absolute atomic E-state index is 12.3. The van der Waals surface area contributed by atoms with Gasteiger partial charge in [0.25, 0.3) is 5.91 Å². The maximum atomic E-state index is 12.3. The molecule has 0 fully saturated rings. The fourth-order valence-electron chi connectivity index (χ4n) is 2.85. The van der Waals surface area contributed by atoms with Crippen molar-refractivity contribution in [3.8, 4) is 0 Å². The molecule has 1 aromatic carbocycles. The predicted molar refractivity (Wildman–Crippen MR) is 96.4 cm³/mol. The lowest BCUT2D eigenvalue weighted by Gasteiger charge is -2.09. The minimum Gasteiger partial charge on any atom is -0.348 e. The average Bonchev–Trinajstić information content (AvgIpc) is 3.07. The zero-order valence-corrected chi connectivity index (χ0v) is 15.1. The molecule has 0 aliphatic carbocycles. The molecular weight excluding hydrogens is 314 g/mol. The molecule has 0 saturated carbocycles. The molecule has 0 radical (unpaired) electrons. The van der Waals surface area contributed by atoms with Gasteiger partial charge >= 0.3 is 0 Å². The molecule has 2 aromatic heterocycles. The highest BCUT2D eigenvalue weighted by molar-refractivity contribution is 5.94. The highest BCUT2D eigenvalue weighted by Gasteiger charge is 2.12. The van der Waals surface area contributed by atoms with Crippen LogP contribution in [0.25, 0.3) is 0 Å². The van der Waals surface area contributed by atoms with Crippen LogP contribution in [-0.2, 0) is 20.1 Å². The van der Waals surface area contributed by atoms with E-state index in [1.165, 1.54) is 0 Å². The van der Waals surface area contributed by atoms with E-state index in [1.54, 1.807) is 10.9 Å². The summed E-state index contributed by atoms with van der Waals surface area (Å²) in [4.78, 5) is 12.3. The molecule has 0 saturated heterocycles. The number of hydrogen-bond donors (Lipinski definition) is 1. The third-order valence-electron chi connectivity index (χ3n) is 4.36. The summed E-state index contributed by atoms with van der Waals surface area (Å²) in [7, 11) is 1.83. The van der Waals surface area contributed by atoms with Crippen LogP contribution < -0.4 is 5.32 Å². The van der Waals surface area contributed by atoms with Crippen molar-refractivity contribution in [2.45, 2.75) is 33.9 Å². The normalized spacial score (nSPS) is 10.9. The van der Waals surface area contributed by atoms with Crippen molar-refractivity contribution in [3.63, 3.8) is 0 Å². The molecule has 0 unspecified atom stereocenters. The van der Waals surface area contributed by atoms with Crippen molar-refractivity contribution in [1.29, 1.82) is 0 Å². The summed E-state index contributed by atoms with van der Waals surface area (Å²) in [6.45, 7) is 7.15. The molecule has 3 aromatic rings. The van der Waals surface area contributed by atoms with E-state index in [4.69, 9.17) is 0 Å². The first-order valence-electron chi connectivity index (χ1n) is 8.29. The van der Waals surface area contributed by atoms with Gasteiger partial charge in [-0.15, -0.1) is 0 Å². The van der Waals surface area contributed by atoms with E-state index in [-0.39, 0.29) is 5.91 Å². The van der Waals surface area contributed by atoms with Gasteiger partial charge in [-0.25, -0.2) is 0 Å². The molecule has 6 heteroatoms. The summed E-state index contributed by atoms with van der Waals surface area (Å²) in [6, 6.07) is 10.3. The third kappa shape index (κ3) is 3.79. The Labute approximate surface area is 147 Å². The highest BCUT2D eigenvalue weighted by Crippen LogP contribution is 2.11. The van der Waals surface area contributed by atoms with E-state index in [2.05, 4.69) is 40.6 Å². The Kier molecular flexibility index (Phi) is 4.70. The van der Waals surface area contributed by atoms with Gasteiger partial charge in [0.2, 0.25) is 0 Å². The van der Waals surface area contributed by atoms with Crippen LogP contribution in [0, 0.1) is 20.8 Å². The largest absolute Gasteiger partial charge is 0.348 e. The first-order valence-corrected chi connectivity index (χ1v) is 8.29. The van der Waals surface area contributed by atoms with Gasteiger partial charge in [-0.3, -0.25) is 14.2 Å². The lowest BCUT2D eigenvalue weighted by atomic mass is 10.1. The van der Waals surface area contributed by atoms with Crippen LogP contribution in [0.15, 0.2) is 36.5 Å². The van der Waals surface area contributed by atoms with Crippen LogP contribution in [-0.4, -0.2) is 25.5 Å². The van der Waals surface area contributed by atoms with Gasteiger partial charge in [0.1, 0.15) is 0 Å². The SMILES string of the molecule is Cc1cc(C)n(Cc2cccc(CNC(=O)c3cnn(C)c3C)c2)n1. The molecule has 3 rings (SSSR count). The first kappa shape index (κ1) is 17.0. The van der Waals surface area contributed by atoms with Crippen LogP contribution in [0.5, 0.6) is 0 Å². The number of nitrogens with zero attached hydrogens (tertiary/aromatic N) is 4. The van der Waals surface area contributed by atoms with Crippen LogP contribution in [0.3, 0.4) is 0 Å². The quantitative estimate of drug-likeness (QED) is 0.778. The Hall–Kier alpha value is -2.89. The average molecular weight is 337 g/mol. The summed E-state index contributed by atoms with van der Waals surface area (Å²) in [5.41, 5.74) is 5.86. The van der Waals surface area contributed by atoms with E-state index in [0.29, 0.717) is 12.1 Å². The molecule has 0 spiro atoms. The minimum absolute atomic E-state index is 0.102. The van der Waals surface area contributed by atoms with E-state index in [1.807, 2.05) is 37.7 Å². The Morgan fingerprint density at radius 1 is 1.16 bits per heavy atom. The van der Waals surface area contributed by atoms with Gasteiger partial charge < -0.3 is 5.32 Å². The summed E-state index contributed by atoms with van der Waals surface area (Å²) < 4.78 is 3.69. The van der Waals surface area contributed by atoms with E-state index in [0.717, 1.165) is 34.8 Å². The number of carbonyl (C=O) groups excluding carboxylic acids is 1. The number of nitrogens with one attached hydrogen (secondary N) is 1. The van der Waals surface area contributed by atoms with E-state index < -0.39 is 0 Å². The molecule has 0 aliphatic rings. The molecule has 2 heterocycles. The Morgan fingerprint density at radius 2 is 1.92 bits per heavy atom. The number of benzene rings is 1. The monoisotopic (exact) mass is 337 g/mol. The zero-order valence-electron chi connectivity index (χ0n) is 15.1. The molecule has 130 valence electrons. The molecule has 1 N–H and O–H groups in total. The summed E-state index contributed by atoms with van der Waals surface area (Å²) >= 11 is 0. The summed E-state index contributed by atoms with van der Waals surface area (Å²) in [5, 5.41) is 11.6. The number of amides is 1. The zero-order chi connectivity index (χ0) is 18.0. The van der Waals surface area contributed by atoms with Crippen molar-refractivity contribution >= 4 is 5.91 Å². The number of aromatic nitrogens is 4. The lowest BCUT2D eigenvalue weighted by molar-refractivity contribution is 0.0950. The second-order valence-corrected chi connectivity index (χ2v) is 6.35. The molecule has 6 nitrogen and oxygen atoms in total. The van der Waals surface area contributed by atoms with E-state index in [9.17, 15) is 4.79 Å².